The van der Waals surface area contributed by atoms with Gasteiger partial charge in [0.05, 0.1) is 0 Å². The highest BCUT2D eigenvalue weighted by Gasteiger charge is 2.30. The summed E-state index contributed by atoms with van der Waals surface area (Å²) in [5, 5.41) is 1.04. The van der Waals surface area contributed by atoms with Gasteiger partial charge in [0, 0.05) is 49.5 Å². The minimum absolute atomic E-state index is 0.00566. The van der Waals surface area contributed by atoms with Crippen LogP contribution in [0.1, 0.15) is 36.2 Å². The number of hydrogen-bond donors (Lipinski definition) is 2. The molecule has 3 N–H and O–H groups in total. The number of rotatable bonds is 3. The molecule has 0 bridgehead atoms. The van der Waals surface area contributed by atoms with Crippen molar-refractivity contribution >= 4 is 22.7 Å². The number of nitrogens with one attached hydrogen (secondary N) is 1. The van der Waals surface area contributed by atoms with Gasteiger partial charge in [0.2, 0.25) is 5.91 Å². The summed E-state index contributed by atoms with van der Waals surface area (Å²) in [4.78, 5) is 32.2. The molecule has 1 aliphatic carbocycles. The number of nitrogens with two attached hydrogens (primary N) is 1. The van der Waals surface area contributed by atoms with Crippen LogP contribution in [0.4, 0.5) is 0 Å². The van der Waals surface area contributed by atoms with Crippen molar-refractivity contribution in [2.24, 2.45) is 11.7 Å². The Labute approximate surface area is 153 Å². The van der Waals surface area contributed by atoms with E-state index < -0.39 is 0 Å². The highest BCUT2D eigenvalue weighted by Crippen LogP contribution is 2.27. The zero-order valence-corrected chi connectivity index (χ0v) is 15.0. The van der Waals surface area contributed by atoms with Crippen LogP contribution in [0.25, 0.3) is 10.9 Å². The first-order valence-corrected chi connectivity index (χ1v) is 9.52. The normalized spacial score (nSPS) is 23.6. The number of aromatic amines is 1. The summed E-state index contributed by atoms with van der Waals surface area (Å²) in [7, 11) is 0. The molecule has 1 saturated heterocycles. The van der Waals surface area contributed by atoms with Crippen LogP contribution in [-0.4, -0.2) is 58.8 Å². The average molecular weight is 354 g/mol. The predicted octanol–water partition coefficient (Wildman–Crippen LogP) is 1.97. The molecule has 2 aromatic rings. The molecule has 0 unspecified atom stereocenters. The first kappa shape index (κ1) is 17.1. The molecule has 138 valence electrons. The first-order valence-electron chi connectivity index (χ1n) is 9.52. The molecular weight excluding hydrogens is 328 g/mol. The molecule has 1 aromatic heterocycles. The van der Waals surface area contributed by atoms with Crippen molar-refractivity contribution in [2.75, 3.05) is 26.2 Å². The summed E-state index contributed by atoms with van der Waals surface area (Å²) in [6.07, 6.45) is 3.78. The molecule has 6 nitrogen and oxygen atoms in total. The Kier molecular flexibility index (Phi) is 4.68. The van der Waals surface area contributed by atoms with E-state index in [0.717, 1.165) is 30.2 Å². The largest absolute Gasteiger partial charge is 0.351 e. The number of aromatic nitrogens is 1. The lowest BCUT2D eigenvalue weighted by Crippen LogP contribution is -2.51. The molecule has 6 heteroatoms. The highest BCUT2D eigenvalue weighted by atomic mass is 16.2. The minimum Gasteiger partial charge on any atom is -0.351 e. The van der Waals surface area contributed by atoms with Gasteiger partial charge >= 0.3 is 0 Å². The average Bonchev–Trinajstić information content (AvgIpc) is 3.27. The van der Waals surface area contributed by atoms with E-state index in [1.54, 1.807) is 0 Å². The van der Waals surface area contributed by atoms with Gasteiger partial charge in [0.25, 0.3) is 5.91 Å². The number of carbonyl (C=O) groups excluding carboxylic acids is 2. The lowest BCUT2D eigenvalue weighted by molar-refractivity contribution is -0.133. The quantitative estimate of drug-likeness (QED) is 0.884. The zero-order chi connectivity index (χ0) is 18.1. The number of fused-ring (bicyclic) bond motifs is 1. The zero-order valence-electron chi connectivity index (χ0n) is 15.0. The van der Waals surface area contributed by atoms with Crippen molar-refractivity contribution in [3.63, 3.8) is 0 Å². The fourth-order valence-electron chi connectivity index (χ4n) is 4.19. The van der Waals surface area contributed by atoms with Gasteiger partial charge in [-0.25, -0.2) is 0 Å². The summed E-state index contributed by atoms with van der Waals surface area (Å²) in [6, 6.07) is 9.95. The second kappa shape index (κ2) is 7.11. The van der Waals surface area contributed by atoms with E-state index in [2.05, 4.69) is 4.98 Å². The Morgan fingerprint density at radius 2 is 1.81 bits per heavy atom. The number of benzene rings is 1. The van der Waals surface area contributed by atoms with E-state index in [4.69, 9.17) is 5.73 Å². The van der Waals surface area contributed by atoms with Crippen molar-refractivity contribution < 1.29 is 9.59 Å². The Balaban J connectivity index is 1.34. The van der Waals surface area contributed by atoms with Gasteiger partial charge in [-0.1, -0.05) is 24.6 Å². The van der Waals surface area contributed by atoms with Crippen LogP contribution in [0.3, 0.4) is 0 Å². The summed E-state index contributed by atoms with van der Waals surface area (Å²) in [5.41, 5.74) is 7.67. The van der Waals surface area contributed by atoms with Crippen LogP contribution in [0.15, 0.2) is 30.3 Å². The van der Waals surface area contributed by atoms with Gasteiger partial charge in [0.1, 0.15) is 5.69 Å². The molecule has 26 heavy (non-hydrogen) atoms. The van der Waals surface area contributed by atoms with Gasteiger partial charge in [0.15, 0.2) is 0 Å². The Hall–Kier alpha value is -2.34. The summed E-state index contributed by atoms with van der Waals surface area (Å²) >= 11 is 0. The molecule has 0 radical (unpaired) electrons. The Bertz CT molecular complexity index is 774. The van der Waals surface area contributed by atoms with Crippen LogP contribution < -0.4 is 5.73 Å². The second-order valence-corrected chi connectivity index (χ2v) is 7.50. The number of para-hydroxylation sites is 1. The topological polar surface area (TPSA) is 82.4 Å². The fraction of sp³-hybridized carbons (Fsp3) is 0.500. The van der Waals surface area contributed by atoms with E-state index in [-0.39, 0.29) is 17.9 Å². The number of H-pyrrole nitrogens is 1. The maximum absolute atomic E-state index is 12.7. The Morgan fingerprint density at radius 3 is 2.50 bits per heavy atom. The highest BCUT2D eigenvalue weighted by molar-refractivity contribution is 5.98. The number of amides is 2. The van der Waals surface area contributed by atoms with E-state index in [9.17, 15) is 9.59 Å². The van der Waals surface area contributed by atoms with Crippen LogP contribution in [0.2, 0.25) is 0 Å². The third kappa shape index (κ3) is 3.33. The van der Waals surface area contributed by atoms with E-state index in [0.29, 0.717) is 44.2 Å². The standard InChI is InChI=1S/C20H26N4O2/c21-16-6-3-5-14(16)13-19(25)23-8-10-24(11-9-23)20(26)18-12-15-4-1-2-7-17(15)22-18/h1-2,4,7,12,14,16,22H,3,5-6,8-11,13,21H2/t14-,16+/m0/s1. The monoisotopic (exact) mass is 354 g/mol. The summed E-state index contributed by atoms with van der Waals surface area (Å²) in [6.45, 7) is 2.37. The molecule has 0 spiro atoms. The van der Waals surface area contributed by atoms with E-state index in [1.807, 2.05) is 40.1 Å². The van der Waals surface area contributed by atoms with Crippen molar-refractivity contribution in [3.05, 3.63) is 36.0 Å². The predicted molar refractivity (Wildman–Crippen MR) is 101 cm³/mol. The first-order chi connectivity index (χ1) is 12.6. The Morgan fingerprint density at radius 1 is 1.08 bits per heavy atom. The second-order valence-electron chi connectivity index (χ2n) is 7.50. The van der Waals surface area contributed by atoms with Crippen molar-refractivity contribution in [1.82, 2.24) is 14.8 Å². The third-order valence-corrected chi connectivity index (χ3v) is 5.83. The molecule has 2 aliphatic rings. The van der Waals surface area contributed by atoms with Crippen molar-refractivity contribution in [3.8, 4) is 0 Å². The lowest BCUT2D eigenvalue weighted by Gasteiger charge is -2.35. The molecule has 1 saturated carbocycles. The smallest absolute Gasteiger partial charge is 0.270 e. The van der Waals surface area contributed by atoms with E-state index in [1.165, 1.54) is 0 Å². The molecule has 2 heterocycles. The molecule has 2 atom stereocenters. The van der Waals surface area contributed by atoms with Crippen LogP contribution in [0, 0.1) is 5.92 Å². The van der Waals surface area contributed by atoms with Crippen molar-refractivity contribution in [1.29, 1.82) is 0 Å². The molecule has 4 rings (SSSR count). The molecule has 1 aromatic carbocycles. The molecule has 1 aliphatic heterocycles. The summed E-state index contributed by atoms with van der Waals surface area (Å²) < 4.78 is 0. The number of carbonyl (C=O) groups is 2. The van der Waals surface area contributed by atoms with Crippen LogP contribution in [-0.2, 0) is 4.79 Å². The van der Waals surface area contributed by atoms with Crippen LogP contribution in [0.5, 0.6) is 0 Å². The van der Waals surface area contributed by atoms with Gasteiger partial charge in [-0.3, -0.25) is 9.59 Å². The van der Waals surface area contributed by atoms with Gasteiger partial charge in [-0.2, -0.15) is 0 Å². The van der Waals surface area contributed by atoms with Crippen molar-refractivity contribution in [2.45, 2.75) is 31.7 Å². The lowest BCUT2D eigenvalue weighted by atomic mass is 9.99. The van der Waals surface area contributed by atoms with Gasteiger partial charge in [-0.15, -0.1) is 0 Å². The fourth-order valence-corrected chi connectivity index (χ4v) is 4.19. The molecule has 2 amide bonds. The third-order valence-electron chi connectivity index (χ3n) is 5.83. The van der Waals surface area contributed by atoms with Crippen LogP contribution >= 0.6 is 0 Å². The maximum atomic E-state index is 12.7. The SMILES string of the molecule is N[C@@H]1CCC[C@H]1CC(=O)N1CCN(C(=O)c2cc3ccccc3[nH]2)CC1. The molecular formula is C20H26N4O2. The number of nitrogens with zero attached hydrogens (tertiary/aromatic N) is 2. The van der Waals surface area contributed by atoms with Gasteiger partial charge < -0.3 is 20.5 Å². The number of piperazine rings is 1. The minimum atomic E-state index is 0.00566. The van der Waals surface area contributed by atoms with Gasteiger partial charge in [-0.05, 0) is 30.9 Å². The maximum Gasteiger partial charge on any atom is 0.270 e. The van der Waals surface area contributed by atoms with E-state index >= 15 is 0 Å². The number of hydrogen-bond acceptors (Lipinski definition) is 3. The molecule has 2 fully saturated rings. The summed E-state index contributed by atoms with van der Waals surface area (Å²) in [5.74, 6) is 0.518.